The zero-order valence-corrected chi connectivity index (χ0v) is 53.2. The van der Waals surface area contributed by atoms with E-state index in [1.165, 1.54) is 59.2 Å². The first-order valence-corrected chi connectivity index (χ1v) is 31.7. The molecule has 5 saturated heterocycles. The Bertz CT molecular complexity index is 2460. The zero-order chi connectivity index (χ0) is 61.8. The van der Waals surface area contributed by atoms with Crippen LogP contribution >= 0.6 is 0 Å². The van der Waals surface area contributed by atoms with Crippen molar-refractivity contribution in [2.45, 2.75) is 223 Å². The molecule has 472 valence electrons. The smallest absolute Gasteiger partial charge is 0.348 e. The molecule has 0 amide bonds. The van der Waals surface area contributed by atoms with Crippen LogP contribution in [0.2, 0.25) is 0 Å². The quantitative estimate of drug-likeness (QED) is 0.0857. The molecule has 20 atom stereocenters. The van der Waals surface area contributed by atoms with E-state index in [-0.39, 0.29) is 82.9 Å². The first-order chi connectivity index (χ1) is 39.4. The van der Waals surface area contributed by atoms with E-state index >= 15 is 0 Å². The van der Waals surface area contributed by atoms with E-state index < -0.39 is 40.8 Å². The molecule has 13 rings (SSSR count). The summed E-state index contributed by atoms with van der Waals surface area (Å²) < 4.78 is 52.6. The van der Waals surface area contributed by atoms with Crippen molar-refractivity contribution in [3.8, 4) is 0 Å². The summed E-state index contributed by atoms with van der Waals surface area (Å²) in [4.78, 5) is 92.6. The summed E-state index contributed by atoms with van der Waals surface area (Å²) in [5.74, 6) is 6.47. The number of cyclic esters (lactones) is 2. The minimum Gasteiger partial charge on any atom is -0.469 e. The average molecular weight is 1180 g/mol. The fourth-order valence-corrected chi connectivity index (χ4v) is 16.0. The van der Waals surface area contributed by atoms with E-state index in [2.05, 4.69) is 9.47 Å². The Hall–Kier alpha value is -4.58. The molecule has 0 radical (unpaired) electrons. The molecule has 20 unspecified atom stereocenters. The molecule has 0 N–H and O–H groups in total. The third-order valence-corrected chi connectivity index (χ3v) is 22.5. The number of hydrogen-bond donors (Lipinski definition) is 0. The Kier molecular flexibility index (Phi) is 19.7. The van der Waals surface area contributed by atoms with Gasteiger partial charge in [-0.1, -0.05) is 33.8 Å². The van der Waals surface area contributed by atoms with E-state index in [1.807, 2.05) is 109 Å². The molecule has 5 heterocycles. The van der Waals surface area contributed by atoms with Crippen molar-refractivity contribution >= 4 is 47.8 Å². The van der Waals surface area contributed by atoms with Crippen LogP contribution < -0.4 is 0 Å². The van der Waals surface area contributed by atoms with Gasteiger partial charge in [0.15, 0.2) is 5.79 Å². The summed E-state index contributed by atoms with van der Waals surface area (Å²) in [6.45, 7) is 27.7. The lowest BCUT2D eigenvalue weighted by Crippen LogP contribution is -2.38. The van der Waals surface area contributed by atoms with E-state index in [1.54, 1.807) is 0 Å². The molecule has 7 saturated carbocycles. The average Bonchev–Trinajstić information content (AvgIpc) is 1.67. The molecular weight excluding hydrogens is 1080 g/mol. The van der Waals surface area contributed by atoms with Gasteiger partial charge >= 0.3 is 47.8 Å². The van der Waals surface area contributed by atoms with Gasteiger partial charge in [-0.2, -0.15) is 0 Å². The predicted molar refractivity (Wildman–Crippen MR) is 305 cm³/mol. The first-order valence-electron chi connectivity index (χ1n) is 31.7. The van der Waals surface area contributed by atoms with Crippen LogP contribution in [0.5, 0.6) is 0 Å². The third kappa shape index (κ3) is 12.9. The number of allylic oxidation sites excluding steroid dienone is 1. The van der Waals surface area contributed by atoms with Crippen LogP contribution in [-0.4, -0.2) is 118 Å². The highest BCUT2D eigenvalue weighted by molar-refractivity contribution is 5.85. The minimum atomic E-state index is -0.843. The maximum Gasteiger partial charge on any atom is 0.348 e. The van der Waals surface area contributed by atoms with E-state index in [0.29, 0.717) is 48.9 Å². The molecular formula is C66H100O18. The van der Waals surface area contributed by atoms with Gasteiger partial charge in [-0.05, 0) is 206 Å². The highest BCUT2D eigenvalue weighted by atomic mass is 16.8. The van der Waals surface area contributed by atoms with Crippen molar-refractivity contribution in [3.05, 3.63) is 12.2 Å². The molecule has 12 fully saturated rings. The second-order valence-electron chi connectivity index (χ2n) is 29.3. The number of ether oxygens (including phenoxy) is 10. The number of carbonyl (C=O) groups is 8. The SMILES string of the molecule is CCC(C)(C)C(=O)OC.CCC(C)(C)C(=O)OC.CCC(C)(C)C(=O)OC1C(=O)OC2C1CC1OC(C)(C)OC12.CCC(C)(C)C(=O)OC1C(=O)OC2C=CCC21.O=C1OCC2C3CC(C12)C1C2CCC(C2)C31.O=C1OCC2C3CCC(C3)C12. The highest BCUT2D eigenvalue weighted by Crippen LogP contribution is 2.71. The standard InChI is InChI=1S/C16H24O6.C14H18O2.C13H18O4.C9H12O2.2C7H14O2/c1-6-15(2,3)14(18)20-11-8-7-9-12(10(8)19-13(11)17)22-16(4,5)21-9;15-14-13-9-4-8(10(13)5-16-14)11-6-1-2-7(3-6)12(9)11;1-4-13(2,3)12(15)17-10-8-6-5-7-9(8)16-11(10)14;10-9-8-6-2-1-5(3-6)7(8)4-11-9;2*1-5-7(2,3)6(8)9-4/h8-12H,6-7H2,1-5H3;6-13H,1-5H2;5,7-10H,4,6H2,1-3H3;5-8H,1-4H2;2*5H2,1-4H3. The topological polar surface area (TPSA) is 229 Å². The normalized spacial score (nSPS) is 38.3. The van der Waals surface area contributed by atoms with Crippen LogP contribution in [0.4, 0.5) is 0 Å². The van der Waals surface area contributed by atoms with Crippen molar-refractivity contribution in [1.82, 2.24) is 0 Å². The molecule has 84 heavy (non-hydrogen) atoms. The van der Waals surface area contributed by atoms with Crippen molar-refractivity contribution < 1.29 is 85.7 Å². The largest absolute Gasteiger partial charge is 0.469 e. The van der Waals surface area contributed by atoms with Crippen molar-refractivity contribution in [2.75, 3.05) is 27.4 Å². The molecule has 18 nitrogen and oxygen atoms in total. The number of esters is 8. The summed E-state index contributed by atoms with van der Waals surface area (Å²) in [5.41, 5.74) is -1.78. The van der Waals surface area contributed by atoms with Gasteiger partial charge in [0.2, 0.25) is 12.2 Å². The van der Waals surface area contributed by atoms with Crippen LogP contribution in [-0.2, 0) is 85.7 Å². The second kappa shape index (κ2) is 25.3. The van der Waals surface area contributed by atoms with E-state index in [9.17, 15) is 38.4 Å². The summed E-state index contributed by atoms with van der Waals surface area (Å²) in [5, 5.41) is 0. The highest BCUT2D eigenvalue weighted by Gasteiger charge is 2.69. The molecule has 6 bridgehead atoms. The molecule has 0 spiro atoms. The second-order valence-corrected chi connectivity index (χ2v) is 29.3. The number of rotatable bonds is 10. The van der Waals surface area contributed by atoms with Gasteiger partial charge in [0, 0.05) is 17.8 Å². The van der Waals surface area contributed by atoms with Gasteiger partial charge < -0.3 is 47.4 Å². The number of methoxy groups -OCH3 is 2. The Labute approximate surface area is 498 Å². The van der Waals surface area contributed by atoms with Gasteiger partial charge in [0.25, 0.3) is 0 Å². The van der Waals surface area contributed by atoms with Gasteiger partial charge in [0.1, 0.15) is 18.3 Å². The lowest BCUT2D eigenvalue weighted by atomic mass is 9.64. The monoisotopic (exact) mass is 1180 g/mol. The summed E-state index contributed by atoms with van der Waals surface area (Å²) >= 11 is 0. The Morgan fingerprint density at radius 3 is 1.49 bits per heavy atom. The lowest BCUT2D eigenvalue weighted by Gasteiger charge is -2.38. The minimum absolute atomic E-state index is 0.0286. The Balaban J connectivity index is 0.000000136. The zero-order valence-electron chi connectivity index (χ0n) is 53.2. The predicted octanol–water partition coefficient (Wildman–Crippen LogP) is 10.1. The van der Waals surface area contributed by atoms with Gasteiger partial charge in [-0.25, -0.2) is 9.59 Å². The van der Waals surface area contributed by atoms with Gasteiger partial charge in [-0.15, -0.1) is 0 Å². The molecule has 0 aromatic rings. The van der Waals surface area contributed by atoms with Gasteiger partial charge in [-0.3, -0.25) is 28.8 Å². The van der Waals surface area contributed by atoms with Crippen molar-refractivity contribution in [2.24, 2.45) is 105 Å². The lowest BCUT2D eigenvalue weighted by molar-refractivity contribution is -0.170. The maximum absolute atomic E-state index is 12.2. The molecule has 8 aliphatic carbocycles. The number of carbonyl (C=O) groups excluding carboxylic acids is 8. The first kappa shape index (κ1) is 65.4. The van der Waals surface area contributed by atoms with Crippen molar-refractivity contribution in [1.29, 1.82) is 0 Å². The Morgan fingerprint density at radius 1 is 0.500 bits per heavy atom. The summed E-state index contributed by atoms with van der Waals surface area (Å²) in [6.07, 6.45) is 15.3. The van der Waals surface area contributed by atoms with E-state index in [0.717, 1.165) is 73.9 Å². The molecule has 13 aliphatic rings. The summed E-state index contributed by atoms with van der Waals surface area (Å²) in [6, 6.07) is 0. The van der Waals surface area contributed by atoms with Crippen LogP contribution in [0.3, 0.4) is 0 Å². The van der Waals surface area contributed by atoms with Crippen LogP contribution in [0.15, 0.2) is 12.2 Å². The fourth-order valence-electron chi connectivity index (χ4n) is 16.0. The fraction of sp³-hybridized carbons (Fsp3) is 0.848. The van der Waals surface area contributed by atoms with Crippen LogP contribution in [0, 0.1) is 105 Å². The van der Waals surface area contributed by atoms with Crippen LogP contribution in [0.1, 0.15) is 180 Å². The Morgan fingerprint density at radius 2 is 0.964 bits per heavy atom. The molecule has 0 aromatic carbocycles. The number of hydrogen-bond acceptors (Lipinski definition) is 18. The summed E-state index contributed by atoms with van der Waals surface area (Å²) in [7, 11) is 2.83. The molecule has 5 aliphatic heterocycles. The molecule has 0 aromatic heterocycles. The molecule has 18 heteroatoms. The van der Waals surface area contributed by atoms with E-state index in [4.69, 9.17) is 37.9 Å². The number of fused-ring (bicyclic) bond motifs is 21. The van der Waals surface area contributed by atoms with Gasteiger partial charge in [0.05, 0.1) is 73.0 Å². The van der Waals surface area contributed by atoms with Crippen molar-refractivity contribution in [3.63, 3.8) is 0 Å². The maximum atomic E-state index is 12.2. The van der Waals surface area contributed by atoms with Crippen LogP contribution in [0.25, 0.3) is 0 Å². The third-order valence-electron chi connectivity index (χ3n) is 22.5.